The number of hydrogen-bond donors (Lipinski definition) is 0. The number of nitriles is 1. The molecule has 0 bridgehead atoms. The van der Waals surface area contributed by atoms with Crippen LogP contribution in [0.1, 0.15) is 5.56 Å². The van der Waals surface area contributed by atoms with Crippen molar-refractivity contribution in [3.05, 3.63) is 248 Å². The Balaban J connectivity index is 1.04. The number of fused-ring (bicyclic) bond motifs is 9. The molecule has 13 rings (SSSR count). The quantitative estimate of drug-likeness (QED) is 0.116. The Morgan fingerprint density at radius 2 is 0.667 bits per heavy atom. The van der Waals surface area contributed by atoms with Crippen molar-refractivity contribution in [2.24, 2.45) is 0 Å². The van der Waals surface area contributed by atoms with E-state index in [4.69, 9.17) is 0 Å². The summed E-state index contributed by atoms with van der Waals surface area (Å²) in [6.45, 7) is 0. The average molecular weight is 857 g/mol. The van der Waals surface area contributed by atoms with Crippen LogP contribution in [0.3, 0.4) is 0 Å². The van der Waals surface area contributed by atoms with Crippen LogP contribution in [0.2, 0.25) is 0 Å². The molecule has 3 heterocycles. The summed E-state index contributed by atoms with van der Waals surface area (Å²) in [4.78, 5) is 0. The monoisotopic (exact) mass is 856 g/mol. The van der Waals surface area contributed by atoms with Gasteiger partial charge in [-0.3, -0.25) is 0 Å². The number of aromatic nitrogens is 3. The van der Waals surface area contributed by atoms with E-state index < -0.39 is 8.07 Å². The van der Waals surface area contributed by atoms with Gasteiger partial charge in [0.1, 0.15) is 0 Å². The summed E-state index contributed by atoms with van der Waals surface area (Å²) < 4.78 is 7.18. The molecule has 0 fully saturated rings. The van der Waals surface area contributed by atoms with E-state index >= 15 is 0 Å². The smallest absolute Gasteiger partial charge is 0.179 e. The van der Waals surface area contributed by atoms with Gasteiger partial charge in [-0.1, -0.05) is 170 Å². The lowest BCUT2D eigenvalue weighted by molar-refractivity contribution is 1.15. The first-order valence-corrected chi connectivity index (χ1v) is 24.5. The van der Waals surface area contributed by atoms with E-state index in [0.29, 0.717) is 5.56 Å². The molecule has 0 aliphatic carbocycles. The van der Waals surface area contributed by atoms with E-state index in [1.165, 1.54) is 47.9 Å². The zero-order chi connectivity index (χ0) is 43.8. The summed E-state index contributed by atoms with van der Waals surface area (Å²) in [5.41, 5.74) is 10.6. The molecule has 3 aromatic heterocycles. The van der Waals surface area contributed by atoms with Crippen LogP contribution in [0.25, 0.3) is 82.5 Å². The molecule has 5 heteroatoms. The predicted molar refractivity (Wildman–Crippen MR) is 278 cm³/mol. The van der Waals surface area contributed by atoms with Gasteiger partial charge in [0, 0.05) is 49.4 Å². The third-order valence-electron chi connectivity index (χ3n) is 13.8. The van der Waals surface area contributed by atoms with Gasteiger partial charge in [-0.25, -0.2) is 0 Å². The molecule has 0 radical (unpaired) electrons. The van der Waals surface area contributed by atoms with Gasteiger partial charge in [-0.2, -0.15) is 5.26 Å². The summed E-state index contributed by atoms with van der Waals surface area (Å²) >= 11 is 0. The maximum absolute atomic E-state index is 10.2. The second-order valence-corrected chi connectivity index (χ2v) is 21.0. The molecule has 66 heavy (non-hydrogen) atoms. The second kappa shape index (κ2) is 15.0. The van der Waals surface area contributed by atoms with Crippen molar-refractivity contribution in [1.82, 2.24) is 13.7 Å². The summed E-state index contributed by atoms with van der Waals surface area (Å²) in [5, 5.41) is 22.6. The highest BCUT2D eigenvalue weighted by Gasteiger charge is 2.41. The van der Waals surface area contributed by atoms with Gasteiger partial charge in [0.15, 0.2) is 8.07 Å². The molecular weight excluding hydrogens is 817 g/mol. The highest BCUT2D eigenvalue weighted by Crippen LogP contribution is 2.39. The molecule has 0 amide bonds. The van der Waals surface area contributed by atoms with E-state index in [9.17, 15) is 5.26 Å². The molecule has 308 valence electrons. The summed E-state index contributed by atoms with van der Waals surface area (Å²) in [5.74, 6) is 0. The van der Waals surface area contributed by atoms with Crippen LogP contribution in [-0.2, 0) is 0 Å². The summed E-state index contributed by atoms with van der Waals surface area (Å²) in [6.07, 6.45) is 0. The summed E-state index contributed by atoms with van der Waals surface area (Å²) in [6, 6.07) is 91.0. The van der Waals surface area contributed by atoms with Crippen molar-refractivity contribution >= 4 is 94.2 Å². The molecule has 0 aliphatic heterocycles. The van der Waals surface area contributed by atoms with Crippen LogP contribution in [0.4, 0.5) is 0 Å². The SMILES string of the molecule is N#Cc1ccc2c3ccc(-n4c5ccccc5c5ccccc54)cc3n(-c3ccc4c(c3)c3ccccc3n4-c3cccc([Si](c4ccccc4)(c4ccccc4)c4ccccc4)c3)c2c1. The number of para-hydroxylation sites is 3. The average Bonchev–Trinajstić information content (AvgIpc) is 4.02. The predicted octanol–water partition coefficient (Wildman–Crippen LogP) is 12.2. The van der Waals surface area contributed by atoms with E-state index in [1.807, 2.05) is 12.1 Å². The van der Waals surface area contributed by atoms with Crippen LogP contribution in [0, 0.1) is 11.3 Å². The first-order chi connectivity index (χ1) is 32.7. The highest BCUT2D eigenvalue weighted by atomic mass is 28.3. The fourth-order valence-electron chi connectivity index (χ4n) is 11.0. The molecule has 0 unspecified atom stereocenters. The Hall–Kier alpha value is -8.69. The summed E-state index contributed by atoms with van der Waals surface area (Å²) in [7, 11) is -2.78. The lowest BCUT2D eigenvalue weighted by Gasteiger charge is -2.34. The largest absolute Gasteiger partial charge is 0.309 e. The van der Waals surface area contributed by atoms with Crippen molar-refractivity contribution in [3.8, 4) is 23.1 Å². The van der Waals surface area contributed by atoms with Gasteiger partial charge < -0.3 is 13.7 Å². The van der Waals surface area contributed by atoms with E-state index in [0.717, 1.165) is 55.3 Å². The lowest BCUT2D eigenvalue weighted by Crippen LogP contribution is -2.74. The third-order valence-corrected chi connectivity index (χ3v) is 18.6. The molecule has 0 aliphatic rings. The fourth-order valence-corrected chi connectivity index (χ4v) is 15.8. The molecule has 0 N–H and O–H groups in total. The molecule has 10 aromatic carbocycles. The number of nitrogens with zero attached hydrogens (tertiary/aromatic N) is 4. The van der Waals surface area contributed by atoms with Crippen LogP contribution in [0.5, 0.6) is 0 Å². The molecule has 13 aromatic rings. The Labute approximate surface area is 382 Å². The van der Waals surface area contributed by atoms with Crippen LogP contribution >= 0.6 is 0 Å². The van der Waals surface area contributed by atoms with Crippen molar-refractivity contribution in [2.45, 2.75) is 0 Å². The van der Waals surface area contributed by atoms with Crippen molar-refractivity contribution in [2.75, 3.05) is 0 Å². The minimum Gasteiger partial charge on any atom is -0.309 e. The third kappa shape index (κ3) is 5.56. The van der Waals surface area contributed by atoms with Gasteiger partial charge in [0.2, 0.25) is 0 Å². The fraction of sp³-hybridized carbons (Fsp3) is 0. The number of benzene rings is 10. The molecule has 0 atom stereocenters. The molecule has 0 saturated heterocycles. The molecular formula is C61H40N4Si. The Bertz CT molecular complexity index is 3910. The van der Waals surface area contributed by atoms with Gasteiger partial charge in [-0.15, -0.1) is 0 Å². The van der Waals surface area contributed by atoms with E-state index in [1.54, 1.807) is 0 Å². The van der Waals surface area contributed by atoms with E-state index in [-0.39, 0.29) is 0 Å². The topological polar surface area (TPSA) is 38.6 Å². The minimum absolute atomic E-state index is 0.632. The molecule has 0 spiro atoms. The van der Waals surface area contributed by atoms with Gasteiger partial charge in [0.25, 0.3) is 0 Å². The zero-order valence-electron chi connectivity index (χ0n) is 35.9. The van der Waals surface area contributed by atoms with Gasteiger partial charge >= 0.3 is 0 Å². The maximum Gasteiger partial charge on any atom is 0.179 e. The highest BCUT2D eigenvalue weighted by molar-refractivity contribution is 7.19. The Morgan fingerprint density at radius 1 is 0.273 bits per heavy atom. The van der Waals surface area contributed by atoms with Gasteiger partial charge in [0.05, 0.1) is 44.7 Å². The molecule has 0 saturated carbocycles. The maximum atomic E-state index is 10.2. The normalized spacial score (nSPS) is 11.9. The Kier molecular flexibility index (Phi) is 8.57. The van der Waals surface area contributed by atoms with Crippen LogP contribution < -0.4 is 20.7 Å². The zero-order valence-corrected chi connectivity index (χ0v) is 36.9. The lowest BCUT2D eigenvalue weighted by atomic mass is 10.1. The first-order valence-electron chi connectivity index (χ1n) is 22.5. The first kappa shape index (κ1) is 37.8. The molecule has 4 nitrogen and oxygen atoms in total. The number of rotatable bonds is 7. The van der Waals surface area contributed by atoms with Gasteiger partial charge in [-0.05, 0) is 93.5 Å². The number of hydrogen-bond acceptors (Lipinski definition) is 1. The van der Waals surface area contributed by atoms with Crippen LogP contribution in [0.15, 0.2) is 243 Å². The van der Waals surface area contributed by atoms with Crippen molar-refractivity contribution < 1.29 is 0 Å². The Morgan fingerprint density at radius 3 is 1.23 bits per heavy atom. The minimum atomic E-state index is -2.78. The van der Waals surface area contributed by atoms with Crippen molar-refractivity contribution in [1.29, 1.82) is 5.26 Å². The van der Waals surface area contributed by atoms with Crippen molar-refractivity contribution in [3.63, 3.8) is 0 Å². The standard InChI is InChI=1S/C61H40N4Si/c62-41-42-31-34-53-54-35-32-45(64-56-28-13-10-25-50(56)51-26-11-14-29-57(51)64)40-61(54)65(60(53)37-42)44-33-36-59-55(39-44)52-27-12-15-30-58(52)63(59)43-17-16-24-49(38-43)66(46-18-4-1-5-19-46,47-20-6-2-7-21-47)48-22-8-3-9-23-48/h1-40H. The second-order valence-electron chi connectivity index (χ2n) is 17.2. The van der Waals surface area contributed by atoms with Crippen LogP contribution in [-0.4, -0.2) is 21.8 Å². The van der Waals surface area contributed by atoms with E-state index in [2.05, 4.69) is 250 Å².